The van der Waals surface area contributed by atoms with Gasteiger partial charge in [0, 0.05) is 10.7 Å². The number of carbonyl (C=O) groups is 1. The number of amides is 2. The van der Waals surface area contributed by atoms with Crippen LogP contribution in [-0.4, -0.2) is 6.03 Å². The molecule has 104 valence electrons. The average Bonchev–Trinajstić information content (AvgIpc) is 2.37. The molecule has 7 heteroatoms. The number of carbonyl (C=O) groups excluding carboxylic acids is 1. The summed E-state index contributed by atoms with van der Waals surface area (Å²) in [6.07, 6.45) is 0. The van der Waals surface area contributed by atoms with Crippen LogP contribution >= 0.6 is 23.2 Å². The maximum Gasteiger partial charge on any atom is 0.337 e. The molecule has 0 heterocycles. The molecule has 0 saturated heterocycles. The van der Waals surface area contributed by atoms with E-state index in [9.17, 15) is 9.18 Å². The molecule has 0 aliphatic heterocycles. The van der Waals surface area contributed by atoms with Crippen LogP contribution in [0.5, 0.6) is 0 Å². The Labute approximate surface area is 124 Å². The maximum absolute atomic E-state index is 12.9. The average molecular weight is 314 g/mol. The van der Waals surface area contributed by atoms with Crippen molar-refractivity contribution in [2.45, 2.75) is 0 Å². The van der Waals surface area contributed by atoms with Gasteiger partial charge in [0.05, 0.1) is 10.7 Å². The molecule has 3 N–H and O–H groups in total. The lowest BCUT2D eigenvalue weighted by Crippen LogP contribution is -2.33. The van der Waals surface area contributed by atoms with E-state index in [0.717, 1.165) is 0 Å². The summed E-state index contributed by atoms with van der Waals surface area (Å²) >= 11 is 11.7. The second-order valence-corrected chi connectivity index (χ2v) is 4.68. The Morgan fingerprint density at radius 2 is 1.90 bits per heavy atom. The van der Waals surface area contributed by atoms with Crippen LogP contribution in [0.3, 0.4) is 0 Å². The summed E-state index contributed by atoms with van der Waals surface area (Å²) in [6, 6.07) is 9.78. The number of anilines is 2. The third-order valence-electron chi connectivity index (χ3n) is 2.32. The van der Waals surface area contributed by atoms with Gasteiger partial charge in [-0.15, -0.1) is 0 Å². The molecule has 0 aromatic heterocycles. The molecule has 0 aliphatic carbocycles. The Bertz CT molecular complexity index is 637. The maximum atomic E-state index is 12.9. The van der Waals surface area contributed by atoms with Gasteiger partial charge in [0.2, 0.25) is 0 Å². The van der Waals surface area contributed by atoms with Crippen LogP contribution in [0.15, 0.2) is 42.5 Å². The predicted octanol–water partition coefficient (Wildman–Crippen LogP) is 4.28. The van der Waals surface area contributed by atoms with Crippen LogP contribution < -0.4 is 16.2 Å². The summed E-state index contributed by atoms with van der Waals surface area (Å²) < 4.78 is 12.9. The normalized spacial score (nSPS) is 9.95. The van der Waals surface area contributed by atoms with Crippen LogP contribution in [0, 0.1) is 5.82 Å². The number of hydrazine groups is 1. The second kappa shape index (κ2) is 6.45. The van der Waals surface area contributed by atoms with Crippen molar-refractivity contribution in [2.24, 2.45) is 0 Å². The number of hydrogen-bond acceptors (Lipinski definition) is 2. The molecule has 0 unspecified atom stereocenters. The van der Waals surface area contributed by atoms with Gasteiger partial charge in [-0.1, -0.05) is 29.3 Å². The zero-order valence-electron chi connectivity index (χ0n) is 10.1. The molecular weight excluding hydrogens is 304 g/mol. The Morgan fingerprint density at radius 3 is 2.60 bits per heavy atom. The minimum absolute atomic E-state index is 0.339. The first kappa shape index (κ1) is 14.4. The molecule has 0 atom stereocenters. The summed E-state index contributed by atoms with van der Waals surface area (Å²) in [5.41, 5.74) is 5.84. The van der Waals surface area contributed by atoms with Crippen LogP contribution in [-0.2, 0) is 0 Å². The lowest BCUT2D eigenvalue weighted by molar-refractivity contribution is 0.254. The monoisotopic (exact) mass is 313 g/mol. The molecule has 0 fully saturated rings. The highest BCUT2D eigenvalue weighted by molar-refractivity contribution is 6.36. The van der Waals surface area contributed by atoms with Gasteiger partial charge in [-0.3, -0.25) is 10.9 Å². The number of benzene rings is 2. The number of urea groups is 1. The zero-order chi connectivity index (χ0) is 14.5. The van der Waals surface area contributed by atoms with Gasteiger partial charge in [-0.25, -0.2) is 9.18 Å². The molecule has 2 aromatic rings. The largest absolute Gasteiger partial charge is 0.337 e. The first-order chi connectivity index (χ1) is 9.54. The highest BCUT2D eigenvalue weighted by Crippen LogP contribution is 2.24. The minimum Gasteiger partial charge on any atom is -0.306 e. The predicted molar refractivity (Wildman–Crippen MR) is 78.6 cm³/mol. The van der Waals surface area contributed by atoms with E-state index in [1.165, 1.54) is 24.3 Å². The first-order valence-corrected chi connectivity index (χ1v) is 6.34. The molecule has 0 spiro atoms. The molecule has 4 nitrogen and oxygen atoms in total. The van der Waals surface area contributed by atoms with E-state index in [2.05, 4.69) is 16.2 Å². The third kappa shape index (κ3) is 4.01. The van der Waals surface area contributed by atoms with E-state index < -0.39 is 11.8 Å². The molecule has 2 aromatic carbocycles. The van der Waals surface area contributed by atoms with Crippen molar-refractivity contribution >= 4 is 40.6 Å². The van der Waals surface area contributed by atoms with Crippen molar-refractivity contribution in [3.05, 3.63) is 58.3 Å². The number of nitrogens with one attached hydrogen (secondary N) is 3. The number of halogens is 3. The van der Waals surface area contributed by atoms with Crippen molar-refractivity contribution in [1.82, 2.24) is 5.43 Å². The van der Waals surface area contributed by atoms with E-state index in [-0.39, 0.29) is 0 Å². The van der Waals surface area contributed by atoms with E-state index in [4.69, 9.17) is 23.2 Å². The third-order valence-corrected chi connectivity index (χ3v) is 2.87. The van der Waals surface area contributed by atoms with Gasteiger partial charge in [0.1, 0.15) is 5.82 Å². The van der Waals surface area contributed by atoms with Crippen molar-refractivity contribution in [3.8, 4) is 0 Å². The van der Waals surface area contributed by atoms with E-state index in [0.29, 0.717) is 21.4 Å². The summed E-state index contributed by atoms with van der Waals surface area (Å²) in [5, 5.41) is 3.32. The van der Waals surface area contributed by atoms with Crippen LogP contribution in [0.25, 0.3) is 0 Å². The van der Waals surface area contributed by atoms with Gasteiger partial charge in [0.15, 0.2) is 0 Å². The lowest BCUT2D eigenvalue weighted by Gasteiger charge is -2.11. The molecule has 2 rings (SSSR count). The van der Waals surface area contributed by atoms with Gasteiger partial charge in [-0.2, -0.15) is 0 Å². The van der Waals surface area contributed by atoms with Crippen LogP contribution in [0.4, 0.5) is 20.6 Å². The highest BCUT2D eigenvalue weighted by atomic mass is 35.5. The van der Waals surface area contributed by atoms with E-state index in [1.807, 2.05) is 0 Å². The van der Waals surface area contributed by atoms with Crippen molar-refractivity contribution < 1.29 is 9.18 Å². The molecule has 0 aliphatic rings. The van der Waals surface area contributed by atoms with Gasteiger partial charge in [-0.05, 0) is 36.4 Å². The van der Waals surface area contributed by atoms with Crippen LogP contribution in [0.1, 0.15) is 0 Å². The van der Waals surface area contributed by atoms with Crippen molar-refractivity contribution in [1.29, 1.82) is 0 Å². The molecule has 0 saturated carbocycles. The molecule has 0 radical (unpaired) electrons. The molecular formula is C13H10Cl2FN3O. The van der Waals surface area contributed by atoms with Crippen molar-refractivity contribution in [3.63, 3.8) is 0 Å². The molecule has 2 amide bonds. The quantitative estimate of drug-likeness (QED) is 0.741. The Hall–Kier alpha value is -1.98. The smallest absolute Gasteiger partial charge is 0.306 e. The Morgan fingerprint density at radius 1 is 1.10 bits per heavy atom. The summed E-state index contributed by atoms with van der Waals surface area (Å²) in [4.78, 5) is 11.6. The summed E-state index contributed by atoms with van der Waals surface area (Å²) in [6.45, 7) is 0. The fourth-order valence-corrected chi connectivity index (χ4v) is 1.90. The van der Waals surface area contributed by atoms with Crippen LogP contribution in [0.2, 0.25) is 10.0 Å². The minimum atomic E-state index is -0.554. The lowest BCUT2D eigenvalue weighted by atomic mass is 10.3. The summed E-state index contributed by atoms with van der Waals surface area (Å²) in [5.74, 6) is -0.434. The Balaban J connectivity index is 1.92. The summed E-state index contributed by atoms with van der Waals surface area (Å²) in [7, 11) is 0. The standard InChI is InChI=1S/C13H10Cl2FN3O/c14-8-4-5-12(11(15)6-8)18-19-13(20)17-10-3-1-2-9(16)7-10/h1-7,18H,(H2,17,19,20). The number of rotatable bonds is 3. The molecule has 20 heavy (non-hydrogen) atoms. The number of hydrogen-bond donors (Lipinski definition) is 3. The van der Waals surface area contributed by atoms with Crippen molar-refractivity contribution in [2.75, 3.05) is 10.7 Å². The van der Waals surface area contributed by atoms with Gasteiger partial charge >= 0.3 is 6.03 Å². The topological polar surface area (TPSA) is 53.2 Å². The van der Waals surface area contributed by atoms with E-state index in [1.54, 1.807) is 18.2 Å². The fraction of sp³-hybridized carbons (Fsp3) is 0. The second-order valence-electron chi connectivity index (χ2n) is 3.84. The SMILES string of the molecule is O=C(NNc1ccc(Cl)cc1Cl)Nc1cccc(F)c1. The zero-order valence-corrected chi connectivity index (χ0v) is 11.6. The Kier molecular flexibility index (Phi) is 4.65. The van der Waals surface area contributed by atoms with E-state index >= 15 is 0 Å². The molecule has 0 bridgehead atoms. The van der Waals surface area contributed by atoms with Gasteiger partial charge in [0.25, 0.3) is 0 Å². The fourth-order valence-electron chi connectivity index (χ4n) is 1.44. The highest BCUT2D eigenvalue weighted by Gasteiger charge is 2.04. The first-order valence-electron chi connectivity index (χ1n) is 5.58. The van der Waals surface area contributed by atoms with Gasteiger partial charge < -0.3 is 5.32 Å².